The van der Waals surface area contributed by atoms with Crippen LogP contribution in [0.5, 0.6) is 0 Å². The summed E-state index contributed by atoms with van der Waals surface area (Å²) in [5.74, 6) is 0.368. The summed E-state index contributed by atoms with van der Waals surface area (Å²) in [5.41, 5.74) is 7.73. The van der Waals surface area contributed by atoms with Gasteiger partial charge in [-0.25, -0.2) is 0 Å². The SMILES string of the molecule is Cc1nn(C)c(CC(O)c2cn[nH]c2N)c1Cl. The molecule has 92 valence electrons. The molecule has 2 rings (SSSR count). The Labute approximate surface area is 103 Å². The number of nitrogens with two attached hydrogens (primary N) is 1. The predicted molar refractivity (Wildman–Crippen MR) is 64.6 cm³/mol. The minimum Gasteiger partial charge on any atom is -0.388 e. The maximum absolute atomic E-state index is 10.1. The molecule has 4 N–H and O–H groups in total. The number of hydrogen-bond acceptors (Lipinski definition) is 4. The van der Waals surface area contributed by atoms with Crippen LogP contribution in [-0.2, 0) is 13.5 Å². The van der Waals surface area contributed by atoms with Crippen LogP contribution in [0.4, 0.5) is 5.82 Å². The molecule has 0 spiro atoms. The monoisotopic (exact) mass is 255 g/mol. The van der Waals surface area contributed by atoms with E-state index in [9.17, 15) is 5.11 Å². The molecular weight excluding hydrogens is 242 g/mol. The lowest BCUT2D eigenvalue weighted by Crippen LogP contribution is -2.08. The second-order valence-corrected chi connectivity index (χ2v) is 4.31. The number of nitrogens with zero attached hydrogens (tertiary/aromatic N) is 3. The third-order valence-corrected chi connectivity index (χ3v) is 3.20. The van der Waals surface area contributed by atoms with Crippen molar-refractivity contribution in [3.63, 3.8) is 0 Å². The van der Waals surface area contributed by atoms with Crippen LogP contribution in [0.3, 0.4) is 0 Å². The molecule has 0 bridgehead atoms. The fourth-order valence-corrected chi connectivity index (χ4v) is 2.00. The molecule has 0 fully saturated rings. The fraction of sp³-hybridized carbons (Fsp3) is 0.400. The molecule has 0 aliphatic carbocycles. The van der Waals surface area contributed by atoms with E-state index in [0.717, 1.165) is 11.4 Å². The van der Waals surface area contributed by atoms with Gasteiger partial charge in [0.2, 0.25) is 0 Å². The molecule has 1 atom stereocenters. The average Bonchev–Trinajstić information content (AvgIpc) is 2.78. The Hall–Kier alpha value is -1.53. The van der Waals surface area contributed by atoms with Gasteiger partial charge in [0.25, 0.3) is 0 Å². The summed E-state index contributed by atoms with van der Waals surface area (Å²) in [6.07, 6.45) is 1.11. The molecule has 17 heavy (non-hydrogen) atoms. The first-order chi connectivity index (χ1) is 8.00. The molecule has 0 aliphatic heterocycles. The average molecular weight is 256 g/mol. The molecule has 7 heteroatoms. The van der Waals surface area contributed by atoms with Crippen LogP contribution in [0.2, 0.25) is 5.02 Å². The van der Waals surface area contributed by atoms with Gasteiger partial charge >= 0.3 is 0 Å². The van der Waals surface area contributed by atoms with Gasteiger partial charge in [-0.3, -0.25) is 9.78 Å². The van der Waals surface area contributed by atoms with Crippen LogP contribution >= 0.6 is 11.6 Å². The quantitative estimate of drug-likeness (QED) is 0.762. The molecule has 0 radical (unpaired) electrons. The number of halogens is 1. The van der Waals surface area contributed by atoms with E-state index >= 15 is 0 Å². The first kappa shape index (κ1) is 11.9. The number of aromatic nitrogens is 4. The van der Waals surface area contributed by atoms with Crippen molar-refractivity contribution in [2.24, 2.45) is 7.05 Å². The summed E-state index contributed by atoms with van der Waals surface area (Å²) >= 11 is 6.11. The summed E-state index contributed by atoms with van der Waals surface area (Å²) in [5, 5.41) is 21.2. The fourth-order valence-electron chi connectivity index (χ4n) is 1.77. The van der Waals surface area contributed by atoms with Crippen LogP contribution in [0.1, 0.15) is 23.1 Å². The van der Waals surface area contributed by atoms with E-state index in [0.29, 0.717) is 22.8 Å². The highest BCUT2D eigenvalue weighted by molar-refractivity contribution is 6.31. The normalized spacial score (nSPS) is 12.9. The van der Waals surface area contributed by atoms with Gasteiger partial charge in [-0.15, -0.1) is 0 Å². The van der Waals surface area contributed by atoms with Gasteiger partial charge in [-0.05, 0) is 6.92 Å². The number of aliphatic hydroxyl groups excluding tert-OH is 1. The first-order valence-corrected chi connectivity index (χ1v) is 5.53. The van der Waals surface area contributed by atoms with Gasteiger partial charge in [0.05, 0.1) is 28.7 Å². The van der Waals surface area contributed by atoms with Crippen LogP contribution in [0.15, 0.2) is 6.20 Å². The maximum Gasteiger partial charge on any atom is 0.124 e. The Kier molecular flexibility index (Phi) is 3.08. The topological polar surface area (TPSA) is 92.7 Å². The highest BCUT2D eigenvalue weighted by atomic mass is 35.5. The molecule has 0 aromatic carbocycles. The van der Waals surface area contributed by atoms with Crippen LogP contribution in [-0.4, -0.2) is 25.1 Å². The summed E-state index contributed by atoms with van der Waals surface area (Å²) in [7, 11) is 1.79. The summed E-state index contributed by atoms with van der Waals surface area (Å²) < 4.78 is 1.66. The molecule has 0 aliphatic rings. The highest BCUT2D eigenvalue weighted by Gasteiger charge is 2.19. The Morgan fingerprint density at radius 1 is 1.65 bits per heavy atom. The van der Waals surface area contributed by atoms with Crippen molar-refractivity contribution in [3.05, 3.63) is 28.2 Å². The van der Waals surface area contributed by atoms with E-state index in [1.54, 1.807) is 11.7 Å². The third kappa shape index (κ3) is 2.13. The number of aryl methyl sites for hydroxylation is 2. The second-order valence-electron chi connectivity index (χ2n) is 3.93. The number of nitrogens with one attached hydrogen (secondary N) is 1. The minimum absolute atomic E-state index is 0.347. The molecule has 2 heterocycles. The molecule has 0 saturated carbocycles. The van der Waals surface area contributed by atoms with Crippen LogP contribution in [0, 0.1) is 6.92 Å². The number of aromatic amines is 1. The van der Waals surface area contributed by atoms with Gasteiger partial charge in [0, 0.05) is 19.0 Å². The zero-order valence-electron chi connectivity index (χ0n) is 9.61. The second kappa shape index (κ2) is 4.38. The van der Waals surface area contributed by atoms with Crippen LogP contribution in [0.25, 0.3) is 0 Å². The minimum atomic E-state index is -0.749. The largest absolute Gasteiger partial charge is 0.388 e. The lowest BCUT2D eigenvalue weighted by molar-refractivity contribution is 0.176. The van der Waals surface area contributed by atoms with Gasteiger partial charge in [0.15, 0.2) is 0 Å². The lowest BCUT2D eigenvalue weighted by Gasteiger charge is -2.10. The zero-order valence-corrected chi connectivity index (χ0v) is 10.4. The van der Waals surface area contributed by atoms with E-state index in [1.807, 2.05) is 6.92 Å². The van der Waals surface area contributed by atoms with Gasteiger partial charge in [-0.2, -0.15) is 10.2 Å². The van der Waals surface area contributed by atoms with Crippen molar-refractivity contribution in [1.82, 2.24) is 20.0 Å². The Morgan fingerprint density at radius 2 is 2.35 bits per heavy atom. The van der Waals surface area contributed by atoms with Crippen LogP contribution < -0.4 is 5.73 Å². The Morgan fingerprint density at radius 3 is 2.82 bits per heavy atom. The Bertz CT molecular complexity index is 533. The molecular formula is C10H14ClN5O. The number of nitrogen functional groups attached to an aromatic ring is 1. The molecule has 1 unspecified atom stereocenters. The maximum atomic E-state index is 10.1. The summed E-state index contributed by atoms with van der Waals surface area (Å²) in [4.78, 5) is 0. The lowest BCUT2D eigenvalue weighted by atomic mass is 10.1. The molecule has 2 aromatic rings. The number of anilines is 1. The summed E-state index contributed by atoms with van der Waals surface area (Å²) in [6.45, 7) is 1.82. The van der Waals surface area contributed by atoms with Crippen molar-refractivity contribution in [1.29, 1.82) is 0 Å². The van der Waals surface area contributed by atoms with Crippen molar-refractivity contribution in [2.45, 2.75) is 19.4 Å². The van der Waals surface area contributed by atoms with Crippen molar-refractivity contribution in [3.8, 4) is 0 Å². The number of hydrogen-bond donors (Lipinski definition) is 3. The summed E-state index contributed by atoms with van der Waals surface area (Å²) in [6, 6.07) is 0. The van der Waals surface area contributed by atoms with E-state index in [1.165, 1.54) is 6.20 Å². The Balaban J connectivity index is 2.24. The molecule has 2 aromatic heterocycles. The first-order valence-electron chi connectivity index (χ1n) is 5.15. The van der Waals surface area contributed by atoms with E-state index in [2.05, 4.69) is 15.3 Å². The smallest absolute Gasteiger partial charge is 0.124 e. The third-order valence-electron chi connectivity index (χ3n) is 2.71. The molecule has 6 nitrogen and oxygen atoms in total. The van der Waals surface area contributed by atoms with Crippen molar-refractivity contribution >= 4 is 17.4 Å². The van der Waals surface area contributed by atoms with E-state index in [-0.39, 0.29) is 0 Å². The van der Waals surface area contributed by atoms with Gasteiger partial charge in [-0.1, -0.05) is 11.6 Å². The number of rotatable bonds is 3. The van der Waals surface area contributed by atoms with Crippen molar-refractivity contribution in [2.75, 3.05) is 5.73 Å². The van der Waals surface area contributed by atoms with E-state index < -0.39 is 6.10 Å². The van der Waals surface area contributed by atoms with Gasteiger partial charge < -0.3 is 10.8 Å². The number of aliphatic hydroxyl groups is 1. The number of H-pyrrole nitrogens is 1. The van der Waals surface area contributed by atoms with E-state index in [4.69, 9.17) is 17.3 Å². The standard InChI is InChI=1S/C10H14ClN5O/c1-5-9(11)7(16(2)15-5)3-8(17)6-4-13-14-10(6)12/h4,8,17H,3H2,1-2H3,(H3,12,13,14). The predicted octanol–water partition coefficient (Wildman–Crippen LogP) is 0.963. The zero-order chi connectivity index (χ0) is 12.6. The van der Waals surface area contributed by atoms with Crippen molar-refractivity contribution < 1.29 is 5.11 Å². The molecule has 0 saturated heterocycles. The molecule has 0 amide bonds. The highest BCUT2D eigenvalue weighted by Crippen LogP contribution is 2.26. The van der Waals surface area contributed by atoms with Gasteiger partial charge in [0.1, 0.15) is 5.82 Å².